The number of hydrogen-bond acceptors (Lipinski definition) is 7. The number of carbonyl (C=O) groups excluding carboxylic acids is 1. The summed E-state index contributed by atoms with van der Waals surface area (Å²) in [4.78, 5) is 38.6. The molecular weight excluding hydrogens is 581 g/mol. The first-order valence-electron chi connectivity index (χ1n) is 13.3. The second-order valence-corrected chi connectivity index (χ2v) is 12.5. The fraction of sp³-hybridized carbons (Fsp3) is 0.267. The van der Waals surface area contributed by atoms with Crippen molar-refractivity contribution >= 4 is 44.2 Å². The molecule has 0 spiro atoms. The van der Waals surface area contributed by atoms with Gasteiger partial charge < -0.3 is 9.80 Å². The molecule has 1 saturated heterocycles. The summed E-state index contributed by atoms with van der Waals surface area (Å²) in [7, 11) is -3.80. The Balaban J connectivity index is 1.86. The summed E-state index contributed by atoms with van der Waals surface area (Å²) in [5, 5.41) is 0.470. The van der Waals surface area contributed by atoms with E-state index in [4.69, 9.17) is 11.6 Å². The van der Waals surface area contributed by atoms with E-state index < -0.39 is 21.3 Å². The molecule has 3 heterocycles. The van der Waals surface area contributed by atoms with Crippen molar-refractivity contribution in [2.24, 2.45) is 0 Å². The number of amides is 1. The van der Waals surface area contributed by atoms with Crippen molar-refractivity contribution in [2.45, 2.75) is 31.2 Å². The van der Waals surface area contributed by atoms with E-state index in [1.165, 1.54) is 18.2 Å². The average molecular weight is 610 g/mol. The number of aryl methyl sites for hydroxylation is 1. The first kappa shape index (κ1) is 29.4. The molecular formula is C30H29ClFN5O4S. The number of fused-ring (bicyclic) bond motifs is 1. The lowest BCUT2D eigenvalue weighted by Crippen LogP contribution is -2.54. The SMILES string of the molecule is C=CC(=O)N1CCN(c2nc(=O)n(-c3c(CC)cccc3S(C)(=O)=O)c3nc(-c4ccccc4Cl)c(F)cc23)[C@@H](C)C1. The largest absolute Gasteiger partial charge is 0.355 e. The standard InChI is InChI=1S/C30H29ClFN5O4S/c1-5-19-10-9-13-24(42(4,40)41)27(19)37-29-21(16-23(32)26(33-29)20-11-7-8-12-22(20)31)28(34-30(37)39)36-15-14-35(17-18(36)3)25(38)6-2/h6-13,16,18H,2,5,14-15,17H2,1,3-4H3/t18-/m0/s1. The van der Waals surface area contributed by atoms with Gasteiger partial charge in [-0.15, -0.1) is 0 Å². The van der Waals surface area contributed by atoms with Crippen molar-refractivity contribution < 1.29 is 17.6 Å². The van der Waals surface area contributed by atoms with Crippen LogP contribution >= 0.6 is 11.6 Å². The van der Waals surface area contributed by atoms with Crippen LogP contribution in [0.15, 0.2) is 70.9 Å². The fourth-order valence-electron chi connectivity index (χ4n) is 5.38. The normalized spacial score (nSPS) is 15.7. The van der Waals surface area contributed by atoms with E-state index in [0.29, 0.717) is 37.2 Å². The molecule has 0 saturated carbocycles. The van der Waals surface area contributed by atoms with Gasteiger partial charge in [0.25, 0.3) is 0 Å². The molecule has 0 N–H and O–H groups in total. The highest BCUT2D eigenvalue weighted by Crippen LogP contribution is 2.35. The number of benzene rings is 2. The van der Waals surface area contributed by atoms with Gasteiger partial charge in [0.05, 0.1) is 21.0 Å². The predicted octanol–water partition coefficient (Wildman–Crippen LogP) is 4.43. The molecule has 4 aromatic rings. The van der Waals surface area contributed by atoms with Crippen molar-refractivity contribution in [3.8, 4) is 16.9 Å². The molecule has 218 valence electrons. The van der Waals surface area contributed by atoms with Gasteiger partial charge in [-0.3, -0.25) is 4.79 Å². The Labute approximate surface area is 247 Å². The molecule has 9 nitrogen and oxygen atoms in total. The van der Waals surface area contributed by atoms with E-state index >= 15 is 4.39 Å². The molecule has 1 fully saturated rings. The van der Waals surface area contributed by atoms with Crippen LogP contribution in [0, 0.1) is 5.82 Å². The zero-order chi connectivity index (χ0) is 30.3. The zero-order valence-electron chi connectivity index (χ0n) is 23.3. The summed E-state index contributed by atoms with van der Waals surface area (Å²) in [6.07, 6.45) is 2.72. The smallest absolute Gasteiger partial charge is 0.350 e. The number of piperazine rings is 1. The molecule has 0 aliphatic carbocycles. The van der Waals surface area contributed by atoms with Crippen molar-refractivity contribution in [1.29, 1.82) is 0 Å². The van der Waals surface area contributed by atoms with Crippen molar-refractivity contribution in [1.82, 2.24) is 19.4 Å². The van der Waals surface area contributed by atoms with Gasteiger partial charge in [0, 0.05) is 37.5 Å². The second kappa shape index (κ2) is 11.3. The third kappa shape index (κ3) is 5.18. The van der Waals surface area contributed by atoms with Crippen LogP contribution in [0.1, 0.15) is 19.4 Å². The third-order valence-electron chi connectivity index (χ3n) is 7.40. The minimum atomic E-state index is -3.80. The van der Waals surface area contributed by atoms with Gasteiger partial charge in [0.1, 0.15) is 17.3 Å². The number of carbonyl (C=O) groups is 1. The lowest BCUT2D eigenvalue weighted by atomic mass is 10.1. The van der Waals surface area contributed by atoms with E-state index in [-0.39, 0.29) is 50.1 Å². The summed E-state index contributed by atoms with van der Waals surface area (Å²) in [5.74, 6) is -0.711. The number of halogens is 2. The minimum Gasteiger partial charge on any atom is -0.350 e. The maximum absolute atomic E-state index is 15.9. The molecule has 2 aromatic heterocycles. The Bertz CT molecular complexity index is 1910. The van der Waals surface area contributed by atoms with Crippen molar-refractivity contribution in [3.05, 3.63) is 88.1 Å². The molecule has 0 unspecified atom stereocenters. The van der Waals surface area contributed by atoms with E-state index in [0.717, 1.165) is 10.8 Å². The number of sulfone groups is 1. The van der Waals surface area contributed by atoms with Crippen molar-refractivity contribution in [3.63, 3.8) is 0 Å². The number of nitrogens with zero attached hydrogens (tertiary/aromatic N) is 5. The van der Waals surface area contributed by atoms with Crippen LogP contribution < -0.4 is 10.6 Å². The quantitative estimate of drug-likeness (QED) is 0.298. The minimum absolute atomic E-state index is 0.0314. The van der Waals surface area contributed by atoms with Gasteiger partial charge in [-0.25, -0.2) is 27.2 Å². The number of anilines is 1. The van der Waals surface area contributed by atoms with E-state index in [1.54, 1.807) is 41.3 Å². The maximum Gasteiger partial charge on any atom is 0.355 e. The molecule has 12 heteroatoms. The first-order chi connectivity index (χ1) is 20.0. The molecule has 2 aromatic carbocycles. The maximum atomic E-state index is 15.9. The monoisotopic (exact) mass is 609 g/mol. The number of rotatable bonds is 6. The molecule has 5 rings (SSSR count). The van der Waals surface area contributed by atoms with Gasteiger partial charge in [-0.2, -0.15) is 4.98 Å². The number of aromatic nitrogens is 3. The van der Waals surface area contributed by atoms with E-state index in [9.17, 15) is 18.0 Å². The predicted molar refractivity (Wildman–Crippen MR) is 162 cm³/mol. The van der Waals surface area contributed by atoms with E-state index in [1.807, 2.05) is 18.7 Å². The van der Waals surface area contributed by atoms with Gasteiger partial charge in [-0.1, -0.05) is 55.4 Å². The Morgan fingerprint density at radius 2 is 1.90 bits per heavy atom. The highest BCUT2D eigenvalue weighted by atomic mass is 35.5. The van der Waals surface area contributed by atoms with Gasteiger partial charge in [-0.05, 0) is 43.2 Å². The molecule has 42 heavy (non-hydrogen) atoms. The Morgan fingerprint density at radius 1 is 1.17 bits per heavy atom. The second-order valence-electron chi connectivity index (χ2n) is 10.1. The summed E-state index contributed by atoms with van der Waals surface area (Å²) in [5.41, 5.74) is 0.172. The number of para-hydroxylation sites is 1. The van der Waals surface area contributed by atoms with Gasteiger partial charge in [0.2, 0.25) is 5.91 Å². The summed E-state index contributed by atoms with van der Waals surface area (Å²) >= 11 is 6.41. The van der Waals surface area contributed by atoms with Crippen LogP contribution in [-0.2, 0) is 21.1 Å². The fourth-order valence-corrected chi connectivity index (χ4v) is 6.50. The summed E-state index contributed by atoms with van der Waals surface area (Å²) in [6.45, 7) is 8.26. The van der Waals surface area contributed by atoms with Crippen LogP contribution in [0.5, 0.6) is 0 Å². The lowest BCUT2D eigenvalue weighted by molar-refractivity contribution is -0.126. The molecule has 1 amide bonds. The number of hydrogen-bond donors (Lipinski definition) is 0. The van der Waals surface area contributed by atoms with Crippen LogP contribution in [0.2, 0.25) is 5.02 Å². The Kier molecular flexibility index (Phi) is 7.91. The van der Waals surface area contributed by atoms with Crippen LogP contribution in [0.4, 0.5) is 10.2 Å². The Morgan fingerprint density at radius 3 is 2.55 bits per heavy atom. The summed E-state index contributed by atoms with van der Waals surface area (Å²) in [6, 6.07) is 12.3. The molecule has 1 atom stereocenters. The average Bonchev–Trinajstić information content (AvgIpc) is 2.96. The zero-order valence-corrected chi connectivity index (χ0v) is 24.9. The molecule has 0 radical (unpaired) electrons. The highest BCUT2D eigenvalue weighted by Gasteiger charge is 2.31. The molecule has 1 aliphatic rings. The molecule has 1 aliphatic heterocycles. The van der Waals surface area contributed by atoms with E-state index in [2.05, 4.69) is 16.5 Å². The van der Waals surface area contributed by atoms with Gasteiger partial charge >= 0.3 is 5.69 Å². The first-order valence-corrected chi connectivity index (χ1v) is 15.6. The lowest BCUT2D eigenvalue weighted by Gasteiger charge is -2.40. The van der Waals surface area contributed by atoms with Crippen molar-refractivity contribution in [2.75, 3.05) is 30.8 Å². The van der Waals surface area contributed by atoms with Crippen LogP contribution in [-0.4, -0.2) is 65.7 Å². The number of pyridine rings is 1. The highest BCUT2D eigenvalue weighted by molar-refractivity contribution is 7.90. The summed E-state index contributed by atoms with van der Waals surface area (Å²) < 4.78 is 42.9. The van der Waals surface area contributed by atoms with Crippen LogP contribution in [0.25, 0.3) is 28.0 Å². The topological polar surface area (TPSA) is 105 Å². The van der Waals surface area contributed by atoms with Crippen LogP contribution in [0.3, 0.4) is 0 Å². The van der Waals surface area contributed by atoms with Gasteiger partial charge in [0.15, 0.2) is 15.5 Å². The molecule has 0 bridgehead atoms. The third-order valence-corrected chi connectivity index (χ3v) is 8.86. The Hall–Kier alpha value is -4.09.